The summed E-state index contributed by atoms with van der Waals surface area (Å²) in [5, 5.41) is 42.4. The van der Waals surface area contributed by atoms with Crippen molar-refractivity contribution in [3.63, 3.8) is 0 Å². The molecule has 0 aromatic rings. The molecule has 0 saturated heterocycles. The zero-order valence-electron chi connectivity index (χ0n) is 42.0. The number of ether oxygens (including phenoxy) is 17. The third kappa shape index (κ3) is 91.9. The molecular formula is C44H99NO22. The topological polar surface area (TPSA) is 270 Å². The van der Waals surface area contributed by atoms with E-state index in [0.717, 1.165) is 0 Å². The number of hydroxylamine groups is 1. The number of rotatable bonds is 54. The van der Waals surface area contributed by atoms with E-state index in [1.54, 1.807) is 20.8 Å². The van der Waals surface area contributed by atoms with E-state index in [0.29, 0.717) is 231 Å². The first-order valence-corrected chi connectivity index (χ1v) is 23.6. The summed E-state index contributed by atoms with van der Waals surface area (Å²) in [4.78, 5) is 0. The number of hydrogen-bond donors (Lipinski definition) is 6. The molecule has 0 aliphatic rings. The van der Waals surface area contributed by atoms with Crippen molar-refractivity contribution >= 4 is 0 Å². The maximum Gasteiger partial charge on any atom is 0.0701 e. The van der Waals surface area contributed by atoms with Crippen molar-refractivity contribution in [3.8, 4) is 0 Å². The fraction of sp³-hybridized carbons (Fsp3) is 1.00. The normalized spacial score (nSPS) is 11.2. The molecule has 0 aliphatic carbocycles. The van der Waals surface area contributed by atoms with Gasteiger partial charge in [-0.1, -0.05) is 13.8 Å². The molecule has 0 fully saturated rings. The van der Waals surface area contributed by atoms with Gasteiger partial charge in [0.2, 0.25) is 0 Å². The molecule has 67 heavy (non-hydrogen) atoms. The van der Waals surface area contributed by atoms with Gasteiger partial charge in [-0.2, -0.15) is 0 Å². The third-order valence-corrected chi connectivity index (χ3v) is 6.65. The molecule has 0 bridgehead atoms. The molecule has 0 rings (SSSR count). The molecule has 0 spiro atoms. The standard InChI is InChI=1S/C24H50O13.C14H31NO8.C4H10O.C2H6.H2/c25-1-3-27-5-7-29-9-11-31-13-15-33-17-19-35-21-23-37-24-22-36-20-18-34-16-14-32-12-10-30-8-6-28-4-2-26;16-2-4-19-6-8-21-10-12-23-14-13-22-11-9-20-7-5-18-3-1-15-17;1-4(2,3)5;1-2;/h25-26H,1-24H2;15-17H,1-14H2;5H,1-3H3;1-2H3;1H. The lowest BCUT2D eigenvalue weighted by Crippen LogP contribution is -2.17. The van der Waals surface area contributed by atoms with Crippen molar-refractivity contribution < 1.29 is 108 Å². The van der Waals surface area contributed by atoms with E-state index in [4.69, 9.17) is 106 Å². The molecule has 0 aliphatic heterocycles. The fourth-order valence-electron chi connectivity index (χ4n) is 3.81. The van der Waals surface area contributed by atoms with Gasteiger partial charge in [0, 0.05) is 7.97 Å². The van der Waals surface area contributed by atoms with Gasteiger partial charge in [-0.15, -0.1) is 0 Å². The van der Waals surface area contributed by atoms with Gasteiger partial charge in [0.25, 0.3) is 0 Å². The summed E-state index contributed by atoms with van der Waals surface area (Å²) in [5.74, 6) is 0. The SMILES string of the molecule is CC.CC(C)(C)O.OCCOCCOCCOCCOCCOCCOCCNO.OCCOCCOCCOCCOCCOCCOCCOCCOCCOCCOCCOCCO.[HH]. The zero-order valence-corrected chi connectivity index (χ0v) is 42.0. The second-order valence-electron chi connectivity index (χ2n) is 13.7. The van der Waals surface area contributed by atoms with E-state index >= 15 is 0 Å². The van der Waals surface area contributed by atoms with Crippen LogP contribution >= 0.6 is 0 Å². The van der Waals surface area contributed by atoms with Crippen LogP contribution in [0.2, 0.25) is 0 Å². The van der Waals surface area contributed by atoms with Crippen LogP contribution in [0.5, 0.6) is 0 Å². The minimum atomic E-state index is -0.500. The van der Waals surface area contributed by atoms with Crippen molar-refractivity contribution in [1.29, 1.82) is 0 Å². The highest BCUT2D eigenvalue weighted by Crippen LogP contribution is 1.93. The molecule has 23 heteroatoms. The maximum atomic E-state index is 8.55. The van der Waals surface area contributed by atoms with Gasteiger partial charge in [-0.25, -0.2) is 5.48 Å². The predicted octanol–water partition coefficient (Wildman–Crippen LogP) is 0.260. The smallest absolute Gasteiger partial charge is 0.0701 e. The van der Waals surface area contributed by atoms with Gasteiger partial charge in [-0.05, 0) is 20.8 Å². The number of hydrogen-bond acceptors (Lipinski definition) is 23. The first kappa shape index (κ1) is 72.6. The first-order valence-electron chi connectivity index (χ1n) is 23.6. The molecule has 6 N–H and O–H groups in total. The van der Waals surface area contributed by atoms with Gasteiger partial charge in [0.15, 0.2) is 0 Å². The summed E-state index contributed by atoms with van der Waals surface area (Å²) >= 11 is 0. The van der Waals surface area contributed by atoms with Crippen LogP contribution in [0, 0.1) is 0 Å². The van der Waals surface area contributed by atoms with Gasteiger partial charge in [-0.3, -0.25) is 0 Å². The molecule has 0 heterocycles. The van der Waals surface area contributed by atoms with E-state index in [1.165, 1.54) is 0 Å². The number of aliphatic hydroxyl groups is 4. The van der Waals surface area contributed by atoms with Crippen LogP contribution in [0.15, 0.2) is 0 Å². The zero-order chi connectivity index (χ0) is 50.1. The molecule has 0 aromatic heterocycles. The molecule has 0 amide bonds. The largest absolute Gasteiger partial charge is 0.394 e. The van der Waals surface area contributed by atoms with Crippen LogP contribution in [0.4, 0.5) is 0 Å². The van der Waals surface area contributed by atoms with Gasteiger partial charge in [0.1, 0.15) is 0 Å². The van der Waals surface area contributed by atoms with E-state index in [-0.39, 0.29) is 21.2 Å². The van der Waals surface area contributed by atoms with Crippen LogP contribution in [-0.4, -0.2) is 282 Å². The molecule has 412 valence electrons. The molecule has 23 nitrogen and oxygen atoms in total. The summed E-state index contributed by atoms with van der Waals surface area (Å²) in [6.07, 6.45) is 0. The minimum absolute atomic E-state index is 0. The Bertz CT molecular complexity index is 744. The van der Waals surface area contributed by atoms with Crippen LogP contribution in [0.25, 0.3) is 0 Å². The number of aliphatic hydroxyl groups excluding tert-OH is 3. The Kier molecular flexibility index (Phi) is 77.6. The lowest BCUT2D eigenvalue weighted by Gasteiger charge is -2.09. The Morgan fingerprint density at radius 3 is 0.478 bits per heavy atom. The highest BCUT2D eigenvalue weighted by atomic mass is 16.6. The highest BCUT2D eigenvalue weighted by molar-refractivity contribution is 4.51. The average Bonchev–Trinajstić information content (AvgIpc) is 3.31. The molecular weight excluding hydrogens is 894 g/mol. The summed E-state index contributed by atoms with van der Waals surface area (Å²) in [6, 6.07) is 0. The van der Waals surface area contributed by atoms with E-state index < -0.39 is 5.60 Å². The Hall–Kier alpha value is -0.920. The van der Waals surface area contributed by atoms with Gasteiger partial charge >= 0.3 is 0 Å². The molecule has 0 aromatic carbocycles. The van der Waals surface area contributed by atoms with Crippen molar-refractivity contribution in [1.82, 2.24) is 5.48 Å². The predicted molar refractivity (Wildman–Crippen MR) is 250 cm³/mol. The summed E-state index contributed by atoms with van der Waals surface area (Å²) < 4.78 is 90.1. The lowest BCUT2D eigenvalue weighted by molar-refractivity contribution is -0.0281. The monoisotopic (exact) mass is 994 g/mol. The first-order chi connectivity index (χ1) is 32.8. The maximum absolute atomic E-state index is 8.55. The van der Waals surface area contributed by atoms with E-state index in [9.17, 15) is 0 Å². The number of nitrogens with one attached hydrogen (secondary N) is 1. The third-order valence-electron chi connectivity index (χ3n) is 6.65. The molecule has 0 radical (unpaired) electrons. The molecule has 0 atom stereocenters. The average molecular weight is 994 g/mol. The van der Waals surface area contributed by atoms with Crippen LogP contribution in [0.3, 0.4) is 0 Å². The highest BCUT2D eigenvalue weighted by Gasteiger charge is 1.99. The minimum Gasteiger partial charge on any atom is -0.394 e. The van der Waals surface area contributed by atoms with Crippen LogP contribution in [0.1, 0.15) is 36.0 Å². The van der Waals surface area contributed by atoms with E-state index in [2.05, 4.69) is 0 Å². The Morgan fingerprint density at radius 1 is 0.269 bits per heavy atom. The van der Waals surface area contributed by atoms with Crippen molar-refractivity contribution in [2.24, 2.45) is 0 Å². The summed E-state index contributed by atoms with van der Waals surface area (Å²) in [7, 11) is 0. The fourth-order valence-corrected chi connectivity index (χ4v) is 3.81. The van der Waals surface area contributed by atoms with Crippen molar-refractivity contribution in [2.45, 2.75) is 40.2 Å². The summed E-state index contributed by atoms with van der Waals surface area (Å²) in [6.45, 7) is 26.2. The van der Waals surface area contributed by atoms with Crippen molar-refractivity contribution in [2.75, 3.05) is 251 Å². The Morgan fingerprint density at radius 2 is 0.373 bits per heavy atom. The van der Waals surface area contributed by atoms with Crippen LogP contribution < -0.4 is 5.48 Å². The molecule has 0 saturated carbocycles. The van der Waals surface area contributed by atoms with E-state index in [1.807, 2.05) is 19.3 Å². The lowest BCUT2D eigenvalue weighted by atomic mass is 10.2. The second-order valence-corrected chi connectivity index (χ2v) is 13.7. The van der Waals surface area contributed by atoms with Crippen LogP contribution in [-0.2, 0) is 80.5 Å². The molecule has 0 unspecified atom stereocenters. The van der Waals surface area contributed by atoms with Crippen molar-refractivity contribution in [3.05, 3.63) is 0 Å². The Labute approximate surface area is 403 Å². The second kappa shape index (κ2) is 71.6. The summed E-state index contributed by atoms with van der Waals surface area (Å²) in [5.41, 5.74) is 1.51. The Balaban J connectivity index is -0.000000363. The van der Waals surface area contributed by atoms with Gasteiger partial charge < -0.3 is 106 Å². The quantitative estimate of drug-likeness (QED) is 0.0352. The van der Waals surface area contributed by atoms with Gasteiger partial charge in [0.05, 0.1) is 250 Å².